The molecule has 2 aromatic carbocycles. The Balaban J connectivity index is 0.000000601. The number of alkyl halides is 6. The third kappa shape index (κ3) is 13.5. The molecule has 0 aliphatic rings. The molecule has 3 atom stereocenters. The Morgan fingerprint density at radius 1 is 0.933 bits per heavy atom. The van der Waals surface area contributed by atoms with Crippen molar-refractivity contribution < 1.29 is 60.5 Å². The molecule has 3 rings (SSSR count). The Labute approximate surface area is 253 Å². The number of carboxylic acid groups (broad SMARTS) is 2. The van der Waals surface area contributed by atoms with E-state index in [1.165, 1.54) is 0 Å². The number of oxazole rings is 1. The molecule has 0 aliphatic heterocycles. The van der Waals surface area contributed by atoms with Gasteiger partial charge in [0.2, 0.25) is 11.8 Å². The summed E-state index contributed by atoms with van der Waals surface area (Å²) in [6.45, 7) is 4.48. The van der Waals surface area contributed by atoms with E-state index in [1.807, 2.05) is 56.3 Å². The second-order valence-corrected chi connectivity index (χ2v) is 9.68. The fraction of sp³-hybridized carbons (Fsp3) is 0.429. The molecule has 17 heteroatoms. The van der Waals surface area contributed by atoms with E-state index in [0.717, 1.165) is 16.7 Å². The topological polar surface area (TPSA) is 202 Å². The maximum atomic E-state index is 12.6. The number of amides is 1. The zero-order valence-electron chi connectivity index (χ0n) is 24.2. The van der Waals surface area contributed by atoms with E-state index in [1.54, 1.807) is 0 Å². The molecule has 11 nitrogen and oxygen atoms in total. The molecule has 1 amide bonds. The molecule has 1 heterocycles. The van der Waals surface area contributed by atoms with E-state index >= 15 is 0 Å². The van der Waals surface area contributed by atoms with Crippen LogP contribution in [0, 0.1) is 13.8 Å². The number of rotatable bonds is 10. The summed E-state index contributed by atoms with van der Waals surface area (Å²) < 4.78 is 69.3. The second kappa shape index (κ2) is 17.3. The summed E-state index contributed by atoms with van der Waals surface area (Å²) in [6, 6.07) is 12.5. The van der Waals surface area contributed by atoms with Crippen LogP contribution in [0.3, 0.4) is 0 Å². The van der Waals surface area contributed by atoms with Crippen LogP contribution in [0.5, 0.6) is 0 Å². The monoisotopic (exact) mass is 652 g/mol. The van der Waals surface area contributed by atoms with Crippen molar-refractivity contribution in [3.63, 3.8) is 0 Å². The largest absolute Gasteiger partial charge is 0.490 e. The molecule has 250 valence electrons. The Morgan fingerprint density at radius 2 is 1.44 bits per heavy atom. The summed E-state index contributed by atoms with van der Waals surface area (Å²) in [5, 5.41) is 28.2. The summed E-state index contributed by atoms with van der Waals surface area (Å²) in [4.78, 5) is 34.9. The molecule has 8 N–H and O–H groups in total. The summed E-state index contributed by atoms with van der Waals surface area (Å²) in [6.07, 6.45) is -8.92. The smallest absolute Gasteiger partial charge is 0.475 e. The van der Waals surface area contributed by atoms with E-state index in [2.05, 4.69) is 10.3 Å². The molecule has 1 aromatic heterocycles. The normalized spacial score (nSPS) is 13.4. The van der Waals surface area contributed by atoms with Crippen molar-refractivity contribution in [2.75, 3.05) is 6.54 Å². The zero-order valence-corrected chi connectivity index (χ0v) is 24.2. The van der Waals surface area contributed by atoms with Crippen LogP contribution in [0.25, 0.3) is 11.1 Å². The van der Waals surface area contributed by atoms with Gasteiger partial charge in [0.1, 0.15) is 5.52 Å². The quantitative estimate of drug-likeness (QED) is 0.174. The Kier molecular flexibility index (Phi) is 14.9. The Hall–Kier alpha value is -4.22. The van der Waals surface area contributed by atoms with Crippen LogP contribution in [-0.2, 0) is 20.8 Å². The number of nitrogens with two attached hydrogens (primary N) is 2. The number of halogens is 6. The van der Waals surface area contributed by atoms with Crippen LogP contribution in [0.4, 0.5) is 26.3 Å². The number of nitrogens with one attached hydrogen (secondary N) is 1. The average Bonchev–Trinajstić information content (AvgIpc) is 3.36. The number of aromatic nitrogens is 1. The Bertz CT molecular complexity index is 1330. The molecule has 3 aromatic rings. The van der Waals surface area contributed by atoms with E-state index in [-0.39, 0.29) is 11.8 Å². The minimum Gasteiger partial charge on any atom is -0.475 e. The molecular formula is C28H34F6N4O7. The molecule has 1 unspecified atom stereocenters. The summed E-state index contributed by atoms with van der Waals surface area (Å²) in [5.74, 6) is -5.64. The van der Waals surface area contributed by atoms with Crippen molar-refractivity contribution >= 4 is 28.9 Å². The first-order valence-corrected chi connectivity index (χ1v) is 13.2. The van der Waals surface area contributed by atoms with Gasteiger partial charge in [-0.2, -0.15) is 26.3 Å². The van der Waals surface area contributed by atoms with E-state index < -0.39 is 42.5 Å². The predicted molar refractivity (Wildman–Crippen MR) is 149 cm³/mol. The highest BCUT2D eigenvalue weighted by atomic mass is 19.4. The molecule has 0 aliphatic carbocycles. The van der Waals surface area contributed by atoms with Gasteiger partial charge >= 0.3 is 24.3 Å². The molecule has 0 saturated heterocycles. The second-order valence-electron chi connectivity index (χ2n) is 9.68. The summed E-state index contributed by atoms with van der Waals surface area (Å²) in [5.41, 5.74) is 16.1. The number of aliphatic hydroxyl groups excluding tert-OH is 1. The number of carbonyl (C=O) groups excluding carboxylic acids is 1. The number of hydrogen-bond donors (Lipinski definition) is 6. The third-order valence-electron chi connectivity index (χ3n) is 6.11. The van der Waals surface area contributed by atoms with Gasteiger partial charge in [-0.05, 0) is 74.9 Å². The average molecular weight is 653 g/mol. The number of carboxylic acids is 2. The lowest BCUT2D eigenvalue weighted by molar-refractivity contribution is -0.193. The van der Waals surface area contributed by atoms with Gasteiger partial charge in [0.25, 0.3) is 0 Å². The van der Waals surface area contributed by atoms with Crippen LogP contribution < -0.4 is 16.8 Å². The number of aliphatic carboxylic acids is 2. The van der Waals surface area contributed by atoms with Crippen LogP contribution in [0.15, 0.2) is 46.9 Å². The Morgan fingerprint density at radius 3 is 1.93 bits per heavy atom. The van der Waals surface area contributed by atoms with Gasteiger partial charge in [-0.25, -0.2) is 14.6 Å². The molecule has 45 heavy (non-hydrogen) atoms. The van der Waals surface area contributed by atoms with Crippen molar-refractivity contribution in [3.8, 4) is 0 Å². The standard InChI is InChI=1S/C24H32N4O3.2C2HF3O2/c1-15-13-20-21(14-16(15)2)31-24(28-20)22(29)19(11-10-17-7-4-3-5-8-17)27-23(30)18(26)9-6-12-25;2*3-2(4,5)1(6)7/h3-5,7-8,13-14,18-19,22,29H,6,9-12,25-26H2,1-2H3,(H,27,30);2*(H,6,7)/t18-,19-,22?;;/m1../s1. The third-order valence-corrected chi connectivity index (χ3v) is 6.11. The number of aliphatic hydroxyl groups is 1. The maximum Gasteiger partial charge on any atom is 0.490 e. The van der Waals surface area contributed by atoms with Crippen molar-refractivity contribution in [1.29, 1.82) is 0 Å². The first-order valence-electron chi connectivity index (χ1n) is 13.2. The highest BCUT2D eigenvalue weighted by molar-refractivity contribution is 5.81. The molecular weight excluding hydrogens is 618 g/mol. The number of nitrogens with zero attached hydrogens (tertiary/aromatic N) is 1. The maximum absolute atomic E-state index is 12.6. The lowest BCUT2D eigenvalue weighted by Gasteiger charge is -2.24. The number of aryl methyl sites for hydroxylation is 3. The van der Waals surface area contributed by atoms with Gasteiger partial charge in [0.15, 0.2) is 11.7 Å². The molecule has 0 fully saturated rings. The van der Waals surface area contributed by atoms with Crippen molar-refractivity contribution in [3.05, 3.63) is 65.0 Å². The molecule has 0 bridgehead atoms. The van der Waals surface area contributed by atoms with E-state index in [0.29, 0.717) is 43.3 Å². The van der Waals surface area contributed by atoms with Crippen LogP contribution in [0.1, 0.15) is 47.9 Å². The fourth-order valence-electron chi connectivity index (χ4n) is 3.53. The lowest BCUT2D eigenvalue weighted by atomic mass is 10.00. The SMILES string of the molecule is Cc1cc2nc(C(O)[C@@H](CCc3ccccc3)NC(=O)[C@H](N)CCCN)oc2cc1C.O=C(O)C(F)(F)F.O=C(O)C(F)(F)F. The number of fused-ring (bicyclic) bond motifs is 1. The first kappa shape index (κ1) is 38.8. The van der Waals surface area contributed by atoms with E-state index in [9.17, 15) is 36.2 Å². The molecule has 0 radical (unpaired) electrons. The zero-order chi connectivity index (χ0) is 34.5. The van der Waals surface area contributed by atoms with Crippen LogP contribution in [0.2, 0.25) is 0 Å². The highest BCUT2D eigenvalue weighted by Crippen LogP contribution is 2.26. The van der Waals surface area contributed by atoms with E-state index in [4.69, 9.17) is 35.7 Å². The number of benzene rings is 2. The first-order chi connectivity index (χ1) is 20.8. The van der Waals surface area contributed by atoms with Crippen molar-refractivity contribution in [2.45, 2.75) is 70.1 Å². The van der Waals surface area contributed by atoms with Gasteiger partial charge in [-0.1, -0.05) is 30.3 Å². The molecule has 0 saturated carbocycles. The van der Waals surface area contributed by atoms with Gasteiger partial charge < -0.3 is 36.5 Å². The fourth-order valence-corrected chi connectivity index (χ4v) is 3.53. The van der Waals surface area contributed by atoms with Gasteiger partial charge in [0, 0.05) is 0 Å². The minimum atomic E-state index is -5.08. The van der Waals surface area contributed by atoms with Gasteiger partial charge in [0.05, 0.1) is 12.1 Å². The lowest BCUT2D eigenvalue weighted by Crippen LogP contribution is -2.48. The summed E-state index contributed by atoms with van der Waals surface area (Å²) in [7, 11) is 0. The van der Waals surface area contributed by atoms with Crippen LogP contribution in [-0.4, -0.2) is 69.1 Å². The van der Waals surface area contributed by atoms with Gasteiger partial charge in [-0.3, -0.25) is 4.79 Å². The highest BCUT2D eigenvalue weighted by Gasteiger charge is 2.39. The van der Waals surface area contributed by atoms with Crippen LogP contribution >= 0.6 is 0 Å². The minimum absolute atomic E-state index is 0.189. The van der Waals surface area contributed by atoms with Crippen molar-refractivity contribution in [1.82, 2.24) is 10.3 Å². The number of hydrogen-bond acceptors (Lipinski definition) is 8. The number of carbonyl (C=O) groups is 3. The van der Waals surface area contributed by atoms with Gasteiger partial charge in [-0.15, -0.1) is 0 Å². The molecule has 0 spiro atoms. The predicted octanol–water partition coefficient (Wildman–Crippen LogP) is 3.93. The van der Waals surface area contributed by atoms with Crippen molar-refractivity contribution in [2.24, 2.45) is 11.5 Å². The summed E-state index contributed by atoms with van der Waals surface area (Å²) >= 11 is 0.